The van der Waals surface area contributed by atoms with Crippen LogP contribution in [0.15, 0.2) is 12.1 Å². The molecule has 5 N–H and O–H groups in total. The van der Waals surface area contributed by atoms with Gasteiger partial charge in [-0.1, -0.05) is 32.1 Å². The Hall–Kier alpha value is -3.54. The van der Waals surface area contributed by atoms with E-state index in [0.29, 0.717) is 22.8 Å². The number of carbonyl (C=O) groups excluding carboxylic acids is 3. The predicted molar refractivity (Wildman–Crippen MR) is 147 cm³/mol. The lowest BCUT2D eigenvalue weighted by Crippen LogP contribution is -2.50. The molecule has 1 unspecified atom stereocenters. The summed E-state index contributed by atoms with van der Waals surface area (Å²) in [7, 11) is 4.51. The fourth-order valence-electron chi connectivity index (χ4n) is 5.65. The highest BCUT2D eigenvalue weighted by molar-refractivity contribution is 7.09. The fourth-order valence-corrected chi connectivity index (χ4v) is 6.40. The molecule has 2 saturated carbocycles. The Balaban J connectivity index is 1.87. The number of nitrogen functional groups attached to an aromatic ring is 1. The predicted octanol–water partition coefficient (Wildman–Crippen LogP) is 3.43. The Morgan fingerprint density at radius 3 is 2.08 bits per heavy atom. The Labute approximate surface area is 232 Å². The Bertz CT molecular complexity index is 1180. The van der Waals surface area contributed by atoms with Gasteiger partial charge in [-0.25, -0.2) is 0 Å². The maximum atomic E-state index is 14.3. The molecule has 0 spiro atoms. The van der Waals surface area contributed by atoms with E-state index in [4.69, 9.17) is 25.7 Å². The van der Waals surface area contributed by atoms with Crippen LogP contribution in [-0.4, -0.2) is 60.4 Å². The van der Waals surface area contributed by atoms with E-state index < -0.39 is 17.9 Å². The van der Waals surface area contributed by atoms with Gasteiger partial charge in [-0.05, 0) is 54.9 Å². The van der Waals surface area contributed by atoms with E-state index >= 15 is 0 Å². The molecule has 1 aromatic heterocycles. The molecule has 12 heteroatoms. The fraction of sp³-hybridized carbons (Fsp3) is 0.556. The minimum Gasteiger partial charge on any atom is -0.493 e. The monoisotopic (exact) mass is 559 g/mol. The van der Waals surface area contributed by atoms with Crippen LogP contribution < -0.4 is 31.0 Å². The third kappa shape index (κ3) is 5.90. The molecule has 212 valence electrons. The van der Waals surface area contributed by atoms with E-state index in [-0.39, 0.29) is 34.2 Å². The van der Waals surface area contributed by atoms with Gasteiger partial charge in [-0.15, -0.1) is 0 Å². The molecule has 0 saturated heterocycles. The number of primary amides is 1. The number of nitrogens with two attached hydrogens (primary N) is 2. The van der Waals surface area contributed by atoms with Gasteiger partial charge in [-0.3, -0.25) is 14.4 Å². The first-order valence-corrected chi connectivity index (χ1v) is 14.1. The first kappa shape index (κ1) is 28.5. The van der Waals surface area contributed by atoms with E-state index in [9.17, 15) is 14.4 Å². The second-order valence-corrected chi connectivity index (χ2v) is 10.8. The van der Waals surface area contributed by atoms with Crippen LogP contribution in [0.25, 0.3) is 0 Å². The summed E-state index contributed by atoms with van der Waals surface area (Å²) in [5.74, 6) is -0.456. The number of ether oxygens (including phenoxy) is 3. The summed E-state index contributed by atoms with van der Waals surface area (Å²) in [4.78, 5) is 42.0. The van der Waals surface area contributed by atoms with Gasteiger partial charge in [0.15, 0.2) is 17.2 Å². The minimum atomic E-state index is -1.02. The van der Waals surface area contributed by atoms with E-state index in [2.05, 4.69) is 9.69 Å². The quantitative estimate of drug-likeness (QED) is 0.399. The topological polar surface area (TPSA) is 159 Å². The molecule has 1 atom stereocenters. The molecule has 11 nitrogen and oxygen atoms in total. The summed E-state index contributed by atoms with van der Waals surface area (Å²) in [5.41, 5.74) is 11.9. The largest absolute Gasteiger partial charge is 0.493 e. The Morgan fingerprint density at radius 1 is 0.974 bits per heavy atom. The number of nitrogens with one attached hydrogen (secondary N) is 1. The van der Waals surface area contributed by atoms with Crippen molar-refractivity contribution in [3.63, 3.8) is 0 Å². The van der Waals surface area contributed by atoms with Gasteiger partial charge in [0, 0.05) is 12.1 Å². The number of rotatable bonds is 10. The number of amides is 3. The minimum absolute atomic E-state index is 0.0280. The molecule has 2 aromatic rings. The van der Waals surface area contributed by atoms with Crippen LogP contribution in [0, 0.1) is 0 Å². The van der Waals surface area contributed by atoms with Crippen molar-refractivity contribution >= 4 is 34.9 Å². The Kier molecular flexibility index (Phi) is 9.16. The smallest absolute Gasteiger partial charge is 0.270 e. The van der Waals surface area contributed by atoms with Crippen LogP contribution >= 0.6 is 11.5 Å². The molecule has 4 rings (SSSR count). The highest BCUT2D eigenvalue weighted by Gasteiger charge is 2.41. The van der Waals surface area contributed by atoms with Crippen LogP contribution in [0.1, 0.15) is 89.6 Å². The van der Waals surface area contributed by atoms with Crippen LogP contribution in [0.3, 0.4) is 0 Å². The summed E-state index contributed by atoms with van der Waals surface area (Å²) in [6.07, 6.45) is 8.20. The number of benzene rings is 1. The average Bonchev–Trinajstić information content (AvgIpc) is 3.60. The first-order valence-electron chi connectivity index (χ1n) is 13.3. The molecule has 2 aliphatic rings. The van der Waals surface area contributed by atoms with Crippen molar-refractivity contribution in [2.24, 2.45) is 5.73 Å². The number of anilines is 1. The van der Waals surface area contributed by atoms with Crippen LogP contribution in [-0.2, 0) is 4.79 Å². The third-order valence-corrected chi connectivity index (χ3v) is 8.44. The van der Waals surface area contributed by atoms with Crippen molar-refractivity contribution in [2.45, 2.75) is 75.9 Å². The molecular formula is C27H37N5O6S. The molecule has 1 heterocycles. The molecule has 39 heavy (non-hydrogen) atoms. The number of hydrogen-bond acceptors (Lipinski definition) is 9. The highest BCUT2D eigenvalue weighted by atomic mass is 32.1. The summed E-state index contributed by atoms with van der Waals surface area (Å²) in [5, 5.41) is 3.18. The zero-order valence-electron chi connectivity index (χ0n) is 22.7. The molecule has 0 radical (unpaired) electrons. The number of nitrogens with zero attached hydrogens (tertiary/aromatic N) is 2. The molecule has 0 bridgehead atoms. The third-order valence-electron chi connectivity index (χ3n) is 7.59. The standard InChI is InChI=1S/C27H37N5O6S/c1-36-18-13-15(14-19(37-2)23(18)38-3)22(26(34)30-16-9-7-8-10-16)32(17-11-5-4-6-12-17)27(35)24-20(28)21(25(29)33)31-39-24/h13-14,16-17,22H,4-12,28H2,1-3H3,(H2,29,33)(H,30,34). The van der Waals surface area contributed by atoms with Gasteiger partial charge in [-0.2, -0.15) is 4.37 Å². The molecule has 2 fully saturated rings. The van der Waals surface area contributed by atoms with Crippen molar-refractivity contribution in [3.8, 4) is 17.2 Å². The number of hydrogen-bond donors (Lipinski definition) is 3. The van der Waals surface area contributed by atoms with E-state index in [0.717, 1.165) is 69.3 Å². The SMILES string of the molecule is COc1cc(C(C(=O)NC2CCCC2)N(C(=O)c2snc(C(N)=O)c2N)C2CCCCC2)cc(OC)c1OC. The zero-order chi connectivity index (χ0) is 28.1. The molecule has 1 aromatic carbocycles. The molecule has 0 aliphatic heterocycles. The van der Waals surface area contributed by atoms with Crippen molar-refractivity contribution in [3.05, 3.63) is 28.3 Å². The average molecular weight is 560 g/mol. The summed E-state index contributed by atoms with van der Waals surface area (Å²) >= 11 is 0.815. The van der Waals surface area contributed by atoms with Gasteiger partial charge in [0.25, 0.3) is 11.8 Å². The highest BCUT2D eigenvalue weighted by Crippen LogP contribution is 2.43. The van der Waals surface area contributed by atoms with Crippen molar-refractivity contribution < 1.29 is 28.6 Å². The van der Waals surface area contributed by atoms with Gasteiger partial charge in [0.2, 0.25) is 11.7 Å². The van der Waals surface area contributed by atoms with Crippen molar-refractivity contribution in [2.75, 3.05) is 27.1 Å². The van der Waals surface area contributed by atoms with Gasteiger partial charge in [0.1, 0.15) is 10.9 Å². The molecule has 2 aliphatic carbocycles. The van der Waals surface area contributed by atoms with E-state index in [1.54, 1.807) is 17.0 Å². The van der Waals surface area contributed by atoms with Crippen LogP contribution in [0.2, 0.25) is 0 Å². The van der Waals surface area contributed by atoms with Gasteiger partial charge >= 0.3 is 0 Å². The van der Waals surface area contributed by atoms with Crippen molar-refractivity contribution in [1.82, 2.24) is 14.6 Å². The molecule has 3 amide bonds. The number of aromatic nitrogens is 1. The van der Waals surface area contributed by atoms with Gasteiger partial charge in [0.05, 0.1) is 27.0 Å². The lowest BCUT2D eigenvalue weighted by molar-refractivity contribution is -0.127. The second kappa shape index (κ2) is 12.5. The Morgan fingerprint density at radius 2 is 1.56 bits per heavy atom. The van der Waals surface area contributed by atoms with Crippen LogP contribution in [0.4, 0.5) is 5.69 Å². The lowest BCUT2D eigenvalue weighted by Gasteiger charge is -2.40. The maximum Gasteiger partial charge on any atom is 0.270 e. The zero-order valence-corrected chi connectivity index (χ0v) is 23.5. The number of carbonyl (C=O) groups is 3. The van der Waals surface area contributed by atoms with Gasteiger partial charge < -0.3 is 35.9 Å². The second-order valence-electron chi connectivity index (χ2n) is 9.99. The normalized spacial score (nSPS) is 16.9. The first-order chi connectivity index (χ1) is 18.8. The van der Waals surface area contributed by atoms with Crippen LogP contribution in [0.5, 0.6) is 17.2 Å². The van der Waals surface area contributed by atoms with Crippen molar-refractivity contribution in [1.29, 1.82) is 0 Å². The lowest BCUT2D eigenvalue weighted by atomic mass is 9.91. The van der Waals surface area contributed by atoms with E-state index in [1.807, 2.05) is 0 Å². The number of methoxy groups -OCH3 is 3. The summed E-state index contributed by atoms with van der Waals surface area (Å²) < 4.78 is 20.7. The maximum absolute atomic E-state index is 14.3. The summed E-state index contributed by atoms with van der Waals surface area (Å²) in [6, 6.07) is 2.18. The molecular weight excluding hydrogens is 522 g/mol. The summed E-state index contributed by atoms with van der Waals surface area (Å²) in [6.45, 7) is 0. The van der Waals surface area contributed by atoms with E-state index in [1.165, 1.54) is 21.3 Å².